The SMILES string of the molecule is Cc1cc2nc3cc(C)c(N(CCCCCCCCCCCCN(C(=O)OC(C)(C)C)c4cc5c(cc4C)nc4cc(C)c(NC(O)OC(C)(C)C)cc4[n+]5-c4ccccc4)C(=O)OC(C)(C)C)cc3[n+](-c3ccccc3)c2cc1CNC(=O)OC(C)(C)C. The molecule has 0 saturated carbocycles. The van der Waals surface area contributed by atoms with Gasteiger partial charge in [0.2, 0.25) is 39.9 Å². The molecule has 16 nitrogen and oxygen atoms in total. The van der Waals surface area contributed by atoms with Crippen LogP contribution in [0.5, 0.6) is 0 Å². The topological polar surface area (TPSA) is 172 Å². The summed E-state index contributed by atoms with van der Waals surface area (Å²) in [6.07, 6.45) is 7.55. The van der Waals surface area contributed by atoms with Crippen LogP contribution in [0.3, 0.4) is 0 Å². The number of ether oxygens (including phenoxy) is 4. The molecule has 3 N–H and O–H groups in total. The molecule has 0 aliphatic carbocycles. The highest BCUT2D eigenvalue weighted by molar-refractivity contribution is 5.95. The van der Waals surface area contributed by atoms with E-state index in [1.165, 1.54) is 0 Å². The van der Waals surface area contributed by atoms with Crippen LogP contribution < -0.4 is 29.6 Å². The second-order valence-electron chi connectivity index (χ2n) is 27.6. The number of amides is 3. The number of carbonyl (C=O) groups excluding carboxylic acids is 3. The van der Waals surface area contributed by atoms with Gasteiger partial charge in [0.05, 0.1) is 17.0 Å². The highest BCUT2D eigenvalue weighted by Gasteiger charge is 2.31. The molecule has 16 heteroatoms. The van der Waals surface area contributed by atoms with Gasteiger partial charge in [0.15, 0.2) is 0 Å². The molecule has 1 unspecified atom stereocenters. The molecule has 1 atom stereocenters. The average molecular weight is 1210 g/mol. The zero-order chi connectivity index (χ0) is 64.6. The Morgan fingerprint density at radius 1 is 0.472 bits per heavy atom. The molecule has 6 aromatic carbocycles. The number of aryl methyl sites for hydroxylation is 4. The minimum absolute atomic E-state index is 0.278. The largest absolute Gasteiger partial charge is 0.444 e. The normalized spacial score (nSPS) is 12.6. The maximum atomic E-state index is 14.3. The van der Waals surface area contributed by atoms with Crippen LogP contribution >= 0.6 is 0 Å². The lowest BCUT2D eigenvalue weighted by Gasteiger charge is -2.28. The predicted octanol–water partition coefficient (Wildman–Crippen LogP) is 16.5. The van der Waals surface area contributed by atoms with E-state index in [1.54, 1.807) is 9.80 Å². The zero-order valence-corrected chi connectivity index (χ0v) is 55.7. The second-order valence-corrected chi connectivity index (χ2v) is 27.6. The monoisotopic (exact) mass is 1210 g/mol. The van der Waals surface area contributed by atoms with E-state index in [0.29, 0.717) is 18.8 Å². The fourth-order valence-corrected chi connectivity index (χ4v) is 11.2. The summed E-state index contributed by atoms with van der Waals surface area (Å²) in [6, 6.07) is 36.7. The van der Waals surface area contributed by atoms with Crippen LogP contribution in [0, 0.1) is 27.7 Å². The molecule has 0 saturated heterocycles. The van der Waals surface area contributed by atoms with Gasteiger partial charge in [0, 0.05) is 73.9 Å². The molecule has 474 valence electrons. The van der Waals surface area contributed by atoms with Crippen LogP contribution in [0.15, 0.2) is 109 Å². The molecule has 2 heterocycles. The minimum Gasteiger partial charge on any atom is -0.444 e. The molecule has 8 rings (SSSR count). The van der Waals surface area contributed by atoms with E-state index in [0.717, 1.165) is 159 Å². The summed E-state index contributed by atoms with van der Waals surface area (Å²) in [5.74, 6) is 0. The molecule has 0 fully saturated rings. The highest BCUT2D eigenvalue weighted by atomic mass is 16.6. The number of aliphatic hydroxyl groups excluding tert-OH is 1. The smallest absolute Gasteiger partial charge is 0.414 e. The van der Waals surface area contributed by atoms with Crippen molar-refractivity contribution < 1.29 is 47.6 Å². The van der Waals surface area contributed by atoms with Gasteiger partial charge in [-0.25, -0.2) is 24.4 Å². The van der Waals surface area contributed by atoms with Crippen molar-refractivity contribution in [3.05, 3.63) is 137 Å². The number of hydrogen-bond acceptors (Lipinski definition) is 11. The first-order valence-electron chi connectivity index (χ1n) is 31.7. The Balaban J connectivity index is 0.919. The Morgan fingerprint density at radius 3 is 1.25 bits per heavy atom. The number of unbranched alkanes of at least 4 members (excludes halogenated alkanes) is 9. The number of aromatic nitrogens is 4. The highest BCUT2D eigenvalue weighted by Crippen LogP contribution is 2.33. The first kappa shape index (κ1) is 67.0. The third-order valence-electron chi connectivity index (χ3n) is 15.2. The number of aliphatic hydroxyl groups is 1. The number of nitrogens with one attached hydrogen (secondary N) is 2. The average Bonchev–Trinajstić information content (AvgIpc) is 0.890. The molecule has 2 aromatic heterocycles. The Kier molecular flexibility index (Phi) is 21.3. The van der Waals surface area contributed by atoms with Gasteiger partial charge in [0.25, 0.3) is 0 Å². The van der Waals surface area contributed by atoms with Gasteiger partial charge in [-0.1, -0.05) is 87.8 Å². The number of hydrogen-bond donors (Lipinski definition) is 3. The summed E-state index contributed by atoms with van der Waals surface area (Å²) in [4.78, 5) is 55.2. The summed E-state index contributed by atoms with van der Waals surface area (Å²) in [6.45, 7) is 31.9. The molecular formula is C73H96N8O8+2. The van der Waals surface area contributed by atoms with Crippen molar-refractivity contribution in [1.29, 1.82) is 0 Å². The zero-order valence-electron chi connectivity index (χ0n) is 55.7. The molecule has 89 heavy (non-hydrogen) atoms. The van der Waals surface area contributed by atoms with Crippen molar-refractivity contribution in [2.75, 3.05) is 28.2 Å². The number of fused-ring (bicyclic) bond motifs is 4. The van der Waals surface area contributed by atoms with Gasteiger partial charge < -0.3 is 34.7 Å². The van der Waals surface area contributed by atoms with Crippen LogP contribution in [0.1, 0.15) is 175 Å². The van der Waals surface area contributed by atoms with E-state index in [1.807, 2.05) is 159 Å². The van der Waals surface area contributed by atoms with E-state index in [-0.39, 0.29) is 6.54 Å². The molecule has 0 aliphatic heterocycles. The van der Waals surface area contributed by atoms with E-state index < -0.39 is 47.1 Å². The van der Waals surface area contributed by atoms with Gasteiger partial charge in [0.1, 0.15) is 38.9 Å². The van der Waals surface area contributed by atoms with Crippen molar-refractivity contribution in [2.45, 2.75) is 210 Å². The van der Waals surface area contributed by atoms with Crippen LogP contribution in [0.25, 0.3) is 55.5 Å². The van der Waals surface area contributed by atoms with Crippen molar-refractivity contribution in [2.24, 2.45) is 0 Å². The number of anilines is 3. The maximum Gasteiger partial charge on any atom is 0.414 e. The Bertz CT molecular complexity index is 3810. The summed E-state index contributed by atoms with van der Waals surface area (Å²) in [5, 5.41) is 17.0. The fraction of sp³-hybridized carbons (Fsp3) is 0.466. The quantitative estimate of drug-likeness (QED) is 0.0194. The number of benzene rings is 6. The number of carbonyl (C=O) groups is 3. The van der Waals surface area contributed by atoms with Gasteiger partial charge >= 0.3 is 18.3 Å². The van der Waals surface area contributed by atoms with Gasteiger partial charge in [-0.2, -0.15) is 0 Å². The first-order chi connectivity index (χ1) is 41.9. The van der Waals surface area contributed by atoms with Gasteiger partial charge in [-0.15, -0.1) is 9.13 Å². The molecule has 0 spiro atoms. The Morgan fingerprint density at radius 2 is 0.843 bits per heavy atom. The van der Waals surface area contributed by atoms with Crippen LogP contribution in [-0.4, -0.2) is 75.3 Å². The standard InChI is InChI=1S/C73H94N8O8/c1-48-39-56-62(43-52(48)47-74-66(82)86-70(5,6)7)80(53-33-27-25-28-34-53)64-45-60(50(3)41-58(64)75-56)78(68(84)88-72(11,12)13)37-31-23-21-19-17-18-20-22-24-32-38-79(69(85)89-73(14,15)16)61-46-65-59(42-51(61)4)76-57-40-49(2)55(77-67(83)87-71(8,9)10)44-63(57)81(65)54-35-29-26-30-36-54/h25-30,33-36,39-46,67,83H,17-24,31-32,37-38,47H2,1-16H3/p+2. The summed E-state index contributed by atoms with van der Waals surface area (Å²) < 4.78 is 27.9. The molecule has 0 bridgehead atoms. The minimum atomic E-state index is -1.23. The lowest BCUT2D eigenvalue weighted by Crippen LogP contribution is -2.38. The van der Waals surface area contributed by atoms with Gasteiger partial charge in [-0.05, 0) is 176 Å². The van der Waals surface area contributed by atoms with E-state index in [9.17, 15) is 19.5 Å². The van der Waals surface area contributed by atoms with Crippen molar-refractivity contribution in [1.82, 2.24) is 15.3 Å². The van der Waals surface area contributed by atoms with Crippen LogP contribution in [0.2, 0.25) is 0 Å². The van der Waals surface area contributed by atoms with E-state index in [2.05, 4.69) is 80.4 Å². The first-order valence-corrected chi connectivity index (χ1v) is 31.7. The molecular weight excluding hydrogens is 1120 g/mol. The number of para-hydroxylation sites is 2. The maximum absolute atomic E-state index is 14.3. The third-order valence-corrected chi connectivity index (χ3v) is 15.2. The summed E-state index contributed by atoms with van der Waals surface area (Å²) in [5.41, 5.74) is 12.7. The van der Waals surface area contributed by atoms with Crippen molar-refractivity contribution in [3.8, 4) is 11.4 Å². The lowest BCUT2D eigenvalue weighted by molar-refractivity contribution is -0.538. The summed E-state index contributed by atoms with van der Waals surface area (Å²) in [7, 11) is 0. The fourth-order valence-electron chi connectivity index (χ4n) is 11.2. The lowest BCUT2D eigenvalue weighted by atomic mass is 10.0. The molecule has 8 aromatic rings. The van der Waals surface area contributed by atoms with Crippen LogP contribution in [0.4, 0.5) is 31.4 Å². The van der Waals surface area contributed by atoms with E-state index >= 15 is 0 Å². The van der Waals surface area contributed by atoms with Crippen molar-refractivity contribution >= 4 is 79.5 Å². The molecule has 0 aliphatic rings. The third kappa shape index (κ3) is 18.1. The van der Waals surface area contributed by atoms with E-state index in [4.69, 9.17) is 28.9 Å². The van der Waals surface area contributed by atoms with Gasteiger partial charge in [-0.3, -0.25) is 9.80 Å². The number of nitrogens with zero attached hydrogens (tertiary/aromatic N) is 6. The van der Waals surface area contributed by atoms with Crippen LogP contribution in [-0.2, 0) is 25.5 Å². The summed E-state index contributed by atoms with van der Waals surface area (Å²) >= 11 is 0. The second kappa shape index (κ2) is 28.3. The Labute approximate surface area is 526 Å². The Hall–Kier alpha value is -7.95. The number of rotatable bonds is 22. The molecule has 0 radical (unpaired) electrons. The molecule has 3 amide bonds. The predicted molar refractivity (Wildman–Crippen MR) is 357 cm³/mol. The van der Waals surface area contributed by atoms with Crippen molar-refractivity contribution in [3.63, 3.8) is 0 Å². The number of alkyl carbamates (subject to hydrolysis) is 1.